The maximum atomic E-state index is 12.1. The number of benzene rings is 1. The average molecular weight is 327 g/mol. The average Bonchev–Trinajstić information content (AvgIpc) is 2.83. The van der Waals surface area contributed by atoms with Gasteiger partial charge in [0.1, 0.15) is 17.3 Å². The van der Waals surface area contributed by atoms with E-state index in [0.717, 1.165) is 5.56 Å². The Hall–Kier alpha value is -3.27. The fourth-order valence-electron chi connectivity index (χ4n) is 2.13. The summed E-state index contributed by atoms with van der Waals surface area (Å²) in [6, 6.07) is 8.34. The minimum Gasteiger partial charge on any atom is -0.484 e. The molecule has 0 fully saturated rings. The van der Waals surface area contributed by atoms with Crippen molar-refractivity contribution >= 4 is 11.8 Å². The number of nitriles is 1. The standard InChI is InChI=1S/C17H17N3O4/c1-10-11(2)24-12(3)16(10)17(22)20-19-15(21)9-23-14-6-4-13(8-18)5-7-14/h4-7H,9H2,1-3H3,(H,19,21)(H,20,22). The van der Waals surface area contributed by atoms with E-state index in [9.17, 15) is 9.59 Å². The number of ether oxygens (including phenoxy) is 1. The Balaban J connectivity index is 1.84. The van der Waals surface area contributed by atoms with Gasteiger partial charge in [-0.25, -0.2) is 0 Å². The van der Waals surface area contributed by atoms with Crippen LogP contribution in [0.15, 0.2) is 28.7 Å². The summed E-state index contributed by atoms with van der Waals surface area (Å²) in [7, 11) is 0. The number of nitrogens with zero attached hydrogens (tertiary/aromatic N) is 1. The smallest absolute Gasteiger partial charge is 0.276 e. The van der Waals surface area contributed by atoms with Crippen LogP contribution in [-0.4, -0.2) is 18.4 Å². The Labute approximate surface area is 139 Å². The quantitative estimate of drug-likeness (QED) is 0.835. The molecule has 24 heavy (non-hydrogen) atoms. The second-order valence-electron chi connectivity index (χ2n) is 5.14. The molecule has 0 aliphatic rings. The van der Waals surface area contributed by atoms with Crippen molar-refractivity contribution in [3.05, 3.63) is 52.5 Å². The number of carbonyl (C=O) groups is 2. The second kappa shape index (κ2) is 7.33. The first-order valence-corrected chi connectivity index (χ1v) is 7.21. The van der Waals surface area contributed by atoms with Crippen LogP contribution in [0, 0.1) is 32.1 Å². The highest BCUT2D eigenvalue weighted by atomic mass is 16.5. The molecular weight excluding hydrogens is 310 g/mol. The maximum Gasteiger partial charge on any atom is 0.276 e. The Bertz CT molecular complexity index is 800. The van der Waals surface area contributed by atoms with Gasteiger partial charge in [-0.1, -0.05) is 0 Å². The Kier molecular flexibility index (Phi) is 5.22. The first-order valence-electron chi connectivity index (χ1n) is 7.21. The van der Waals surface area contributed by atoms with E-state index in [0.29, 0.717) is 28.4 Å². The third-order valence-electron chi connectivity index (χ3n) is 3.46. The molecule has 1 aromatic carbocycles. The summed E-state index contributed by atoms with van der Waals surface area (Å²) in [4.78, 5) is 23.8. The highest BCUT2D eigenvalue weighted by molar-refractivity contribution is 5.97. The minimum absolute atomic E-state index is 0.269. The van der Waals surface area contributed by atoms with Crippen molar-refractivity contribution in [2.24, 2.45) is 0 Å². The van der Waals surface area contributed by atoms with E-state index in [-0.39, 0.29) is 6.61 Å². The van der Waals surface area contributed by atoms with Crippen molar-refractivity contribution in [1.82, 2.24) is 10.9 Å². The molecular formula is C17H17N3O4. The fourth-order valence-corrected chi connectivity index (χ4v) is 2.13. The van der Waals surface area contributed by atoms with Gasteiger partial charge in [-0.2, -0.15) is 5.26 Å². The van der Waals surface area contributed by atoms with Crippen molar-refractivity contribution < 1.29 is 18.7 Å². The Morgan fingerprint density at radius 2 is 1.79 bits per heavy atom. The van der Waals surface area contributed by atoms with Crippen LogP contribution in [0.25, 0.3) is 0 Å². The predicted molar refractivity (Wildman–Crippen MR) is 85.2 cm³/mol. The SMILES string of the molecule is Cc1oc(C)c(C(=O)NNC(=O)COc2ccc(C#N)cc2)c1C. The summed E-state index contributed by atoms with van der Waals surface area (Å²) in [5.41, 5.74) is 6.24. The number of carbonyl (C=O) groups excluding carboxylic acids is 2. The van der Waals surface area contributed by atoms with Crippen LogP contribution in [0.1, 0.15) is 33.0 Å². The molecule has 0 aliphatic carbocycles. The monoisotopic (exact) mass is 327 g/mol. The lowest BCUT2D eigenvalue weighted by molar-refractivity contribution is -0.123. The molecule has 124 valence electrons. The third-order valence-corrected chi connectivity index (χ3v) is 3.46. The zero-order chi connectivity index (χ0) is 17.7. The van der Waals surface area contributed by atoms with Crippen LogP contribution in [0.3, 0.4) is 0 Å². The molecule has 0 saturated carbocycles. The lowest BCUT2D eigenvalue weighted by Gasteiger charge is -2.09. The Morgan fingerprint density at radius 1 is 1.12 bits per heavy atom. The zero-order valence-electron chi connectivity index (χ0n) is 13.6. The largest absolute Gasteiger partial charge is 0.484 e. The molecule has 2 N–H and O–H groups in total. The van der Waals surface area contributed by atoms with E-state index < -0.39 is 11.8 Å². The van der Waals surface area contributed by atoms with E-state index in [4.69, 9.17) is 14.4 Å². The van der Waals surface area contributed by atoms with Gasteiger partial charge in [0.25, 0.3) is 11.8 Å². The van der Waals surface area contributed by atoms with Gasteiger partial charge in [0.05, 0.1) is 17.2 Å². The van der Waals surface area contributed by atoms with Gasteiger partial charge in [0.15, 0.2) is 6.61 Å². The molecule has 2 amide bonds. The number of hydrogen-bond acceptors (Lipinski definition) is 5. The van der Waals surface area contributed by atoms with Crippen molar-refractivity contribution in [1.29, 1.82) is 5.26 Å². The van der Waals surface area contributed by atoms with Crippen LogP contribution in [0.5, 0.6) is 5.75 Å². The van der Waals surface area contributed by atoms with Gasteiger partial charge in [-0.3, -0.25) is 20.4 Å². The van der Waals surface area contributed by atoms with Gasteiger partial charge >= 0.3 is 0 Å². The molecule has 1 heterocycles. The predicted octanol–water partition coefficient (Wildman–Crippen LogP) is 1.92. The van der Waals surface area contributed by atoms with Crippen LogP contribution < -0.4 is 15.6 Å². The maximum absolute atomic E-state index is 12.1. The van der Waals surface area contributed by atoms with Crippen LogP contribution in [0.2, 0.25) is 0 Å². The van der Waals surface area contributed by atoms with E-state index in [2.05, 4.69) is 10.9 Å². The normalized spacial score (nSPS) is 9.92. The van der Waals surface area contributed by atoms with Crippen LogP contribution >= 0.6 is 0 Å². The van der Waals surface area contributed by atoms with E-state index >= 15 is 0 Å². The molecule has 2 aromatic rings. The number of aryl methyl sites for hydroxylation is 2. The van der Waals surface area contributed by atoms with Gasteiger partial charge in [-0.15, -0.1) is 0 Å². The molecule has 0 aliphatic heterocycles. The number of amides is 2. The van der Waals surface area contributed by atoms with E-state index in [1.54, 1.807) is 45.0 Å². The summed E-state index contributed by atoms with van der Waals surface area (Å²) in [5, 5.41) is 8.70. The third kappa shape index (κ3) is 3.93. The number of hydrogen-bond donors (Lipinski definition) is 2. The van der Waals surface area contributed by atoms with Gasteiger partial charge in [-0.05, 0) is 45.0 Å². The Morgan fingerprint density at radius 3 is 2.33 bits per heavy atom. The topological polar surface area (TPSA) is 104 Å². The number of hydrazine groups is 1. The van der Waals surface area contributed by atoms with Crippen LogP contribution in [0.4, 0.5) is 0 Å². The summed E-state index contributed by atoms with van der Waals surface area (Å²) in [6.07, 6.45) is 0. The summed E-state index contributed by atoms with van der Waals surface area (Å²) in [6.45, 7) is 4.96. The summed E-state index contributed by atoms with van der Waals surface area (Å²) in [5.74, 6) is 0.642. The number of nitrogens with one attached hydrogen (secondary N) is 2. The van der Waals surface area contributed by atoms with Crippen LogP contribution in [-0.2, 0) is 4.79 Å². The molecule has 1 aromatic heterocycles. The van der Waals surface area contributed by atoms with Gasteiger partial charge in [0, 0.05) is 5.56 Å². The van der Waals surface area contributed by atoms with E-state index in [1.165, 1.54) is 0 Å². The van der Waals surface area contributed by atoms with Crippen molar-refractivity contribution in [2.75, 3.05) is 6.61 Å². The molecule has 0 bridgehead atoms. The van der Waals surface area contributed by atoms with Crippen molar-refractivity contribution in [3.63, 3.8) is 0 Å². The lowest BCUT2D eigenvalue weighted by Crippen LogP contribution is -2.44. The number of rotatable bonds is 4. The molecule has 0 atom stereocenters. The highest BCUT2D eigenvalue weighted by Crippen LogP contribution is 2.20. The van der Waals surface area contributed by atoms with Crippen molar-refractivity contribution in [2.45, 2.75) is 20.8 Å². The minimum atomic E-state index is -0.511. The number of furan rings is 1. The molecule has 0 radical (unpaired) electrons. The second-order valence-corrected chi connectivity index (χ2v) is 5.14. The van der Waals surface area contributed by atoms with E-state index in [1.807, 2.05) is 6.07 Å². The lowest BCUT2D eigenvalue weighted by atomic mass is 10.1. The van der Waals surface area contributed by atoms with Gasteiger partial charge < -0.3 is 9.15 Å². The molecule has 2 rings (SSSR count). The first kappa shape index (κ1) is 17.1. The molecule has 0 saturated heterocycles. The summed E-state index contributed by atoms with van der Waals surface area (Å²) >= 11 is 0. The molecule has 0 spiro atoms. The van der Waals surface area contributed by atoms with Gasteiger partial charge in [0.2, 0.25) is 0 Å². The molecule has 7 heteroatoms. The highest BCUT2D eigenvalue weighted by Gasteiger charge is 2.18. The zero-order valence-corrected chi connectivity index (χ0v) is 13.6. The summed E-state index contributed by atoms with van der Waals surface area (Å²) < 4.78 is 10.6. The fraction of sp³-hybridized carbons (Fsp3) is 0.235. The van der Waals surface area contributed by atoms with Crippen molar-refractivity contribution in [3.8, 4) is 11.8 Å². The first-order chi connectivity index (χ1) is 11.4. The molecule has 0 unspecified atom stereocenters. The molecule has 7 nitrogen and oxygen atoms in total.